The molecule has 3 amide bonds. The number of benzene rings is 2. The molecule has 34 heavy (non-hydrogen) atoms. The maximum atomic E-state index is 14.4. The molecule has 0 aliphatic carbocycles. The second-order valence-electron chi connectivity index (χ2n) is 8.48. The van der Waals surface area contributed by atoms with E-state index in [1.807, 2.05) is 59.3 Å². The van der Waals surface area contributed by atoms with Gasteiger partial charge in [-0.3, -0.25) is 4.79 Å². The van der Waals surface area contributed by atoms with Crippen LogP contribution in [0, 0.1) is 5.82 Å². The zero-order chi connectivity index (χ0) is 23.7. The number of para-hydroxylation sites is 1. The zero-order valence-electron chi connectivity index (χ0n) is 18.8. The number of halogens is 1. The summed E-state index contributed by atoms with van der Waals surface area (Å²) in [7, 11) is 0. The number of fused-ring (bicyclic) bond motifs is 1. The lowest BCUT2D eigenvalue weighted by molar-refractivity contribution is 0.0583. The minimum absolute atomic E-state index is 0.102. The fourth-order valence-corrected chi connectivity index (χ4v) is 5.33. The van der Waals surface area contributed by atoms with Gasteiger partial charge in [-0.2, -0.15) is 0 Å². The van der Waals surface area contributed by atoms with Crippen LogP contribution in [0.25, 0.3) is 10.2 Å². The number of carbonyl (C=O) groups is 2. The number of aromatic nitrogens is 1. The molecule has 8 heteroatoms. The number of piperazine rings is 1. The van der Waals surface area contributed by atoms with Crippen LogP contribution in [0.3, 0.4) is 0 Å². The van der Waals surface area contributed by atoms with E-state index in [0.717, 1.165) is 15.9 Å². The van der Waals surface area contributed by atoms with Crippen molar-refractivity contribution in [2.45, 2.75) is 19.5 Å². The first kappa shape index (κ1) is 22.2. The lowest BCUT2D eigenvalue weighted by Crippen LogP contribution is -2.56. The molecule has 6 nitrogen and oxygen atoms in total. The molecule has 1 aliphatic rings. The topological polar surface area (TPSA) is 57.6 Å². The summed E-state index contributed by atoms with van der Waals surface area (Å²) in [5, 5.41) is 5.87. The average Bonchev–Trinajstić information content (AvgIpc) is 3.43. The van der Waals surface area contributed by atoms with Gasteiger partial charge in [0.2, 0.25) is 0 Å². The largest absolute Gasteiger partial charge is 0.334 e. The van der Waals surface area contributed by atoms with Crippen molar-refractivity contribution in [2.24, 2.45) is 0 Å². The molecule has 1 fully saturated rings. The Labute approximate surface area is 201 Å². The third-order valence-electron chi connectivity index (χ3n) is 6.21. The van der Waals surface area contributed by atoms with Gasteiger partial charge in [-0.1, -0.05) is 36.4 Å². The van der Waals surface area contributed by atoms with Crippen LogP contribution >= 0.6 is 11.3 Å². The normalized spacial score (nSPS) is 16.1. The lowest BCUT2D eigenvalue weighted by Gasteiger charge is -2.39. The maximum Gasteiger partial charge on any atom is 0.322 e. The average molecular weight is 477 g/mol. The van der Waals surface area contributed by atoms with Gasteiger partial charge < -0.3 is 19.7 Å². The van der Waals surface area contributed by atoms with Crippen LogP contribution < -0.4 is 5.32 Å². The van der Waals surface area contributed by atoms with Gasteiger partial charge in [0.1, 0.15) is 16.3 Å². The number of hydrogen-bond acceptors (Lipinski definition) is 3. The lowest BCUT2D eigenvalue weighted by atomic mass is 10.1. The third kappa shape index (κ3) is 4.28. The molecule has 5 rings (SSSR count). The van der Waals surface area contributed by atoms with E-state index in [4.69, 9.17) is 0 Å². The van der Waals surface area contributed by atoms with Gasteiger partial charge >= 0.3 is 6.03 Å². The number of nitrogens with one attached hydrogen (secondary N) is 1. The van der Waals surface area contributed by atoms with E-state index in [9.17, 15) is 14.0 Å². The molecule has 0 unspecified atom stereocenters. The highest BCUT2D eigenvalue weighted by atomic mass is 32.1. The fourth-order valence-electron chi connectivity index (χ4n) is 4.43. The van der Waals surface area contributed by atoms with Gasteiger partial charge in [0.05, 0.1) is 6.54 Å². The Hall–Kier alpha value is -3.65. The first-order valence-corrected chi connectivity index (χ1v) is 12.1. The van der Waals surface area contributed by atoms with Crippen molar-refractivity contribution in [3.8, 4) is 0 Å². The molecule has 1 saturated heterocycles. The Bertz CT molecular complexity index is 1330. The number of urea groups is 1. The van der Waals surface area contributed by atoms with Crippen LogP contribution in [-0.4, -0.2) is 52.0 Å². The molecule has 3 heterocycles. The van der Waals surface area contributed by atoms with Gasteiger partial charge in [-0.25, -0.2) is 9.18 Å². The van der Waals surface area contributed by atoms with Crippen molar-refractivity contribution < 1.29 is 14.0 Å². The van der Waals surface area contributed by atoms with Crippen LogP contribution in [0.15, 0.2) is 72.1 Å². The van der Waals surface area contributed by atoms with Gasteiger partial charge in [0.25, 0.3) is 5.91 Å². The predicted octanol–water partition coefficient (Wildman–Crippen LogP) is 5.27. The van der Waals surface area contributed by atoms with Crippen molar-refractivity contribution in [3.05, 3.63) is 89.2 Å². The Kier molecular flexibility index (Phi) is 6.06. The molecule has 1 aliphatic heterocycles. The van der Waals surface area contributed by atoms with Gasteiger partial charge in [-0.05, 0) is 42.6 Å². The number of nitrogens with zero attached hydrogens (tertiary/aromatic N) is 3. The monoisotopic (exact) mass is 476 g/mol. The van der Waals surface area contributed by atoms with Crippen molar-refractivity contribution in [1.29, 1.82) is 0 Å². The van der Waals surface area contributed by atoms with E-state index in [1.165, 1.54) is 17.4 Å². The highest BCUT2D eigenvalue weighted by Crippen LogP contribution is 2.28. The van der Waals surface area contributed by atoms with E-state index in [1.54, 1.807) is 28.0 Å². The Morgan fingerprint density at radius 1 is 1.06 bits per heavy atom. The van der Waals surface area contributed by atoms with Crippen LogP contribution in [0.5, 0.6) is 0 Å². The fraction of sp³-hybridized carbons (Fsp3) is 0.231. The van der Waals surface area contributed by atoms with Crippen molar-refractivity contribution in [2.75, 3.05) is 25.0 Å². The van der Waals surface area contributed by atoms with Crippen LogP contribution in [0.4, 0.5) is 14.9 Å². The first-order valence-electron chi connectivity index (χ1n) is 11.2. The predicted molar refractivity (Wildman–Crippen MR) is 133 cm³/mol. The quantitative estimate of drug-likeness (QED) is 0.436. The molecule has 0 radical (unpaired) electrons. The van der Waals surface area contributed by atoms with Crippen LogP contribution in [0.1, 0.15) is 23.0 Å². The molecule has 1 atom stereocenters. The van der Waals surface area contributed by atoms with Crippen molar-refractivity contribution in [1.82, 2.24) is 14.4 Å². The number of hydrogen-bond donors (Lipinski definition) is 1. The summed E-state index contributed by atoms with van der Waals surface area (Å²) < 4.78 is 16.3. The molecule has 2 aromatic carbocycles. The second kappa shape index (κ2) is 9.30. The summed E-state index contributed by atoms with van der Waals surface area (Å²) in [4.78, 5) is 30.8. The highest BCUT2D eigenvalue weighted by molar-refractivity contribution is 7.16. The number of thiophene rings is 1. The summed E-state index contributed by atoms with van der Waals surface area (Å²) in [6, 6.07) is 19.5. The Balaban J connectivity index is 1.33. The first-order chi connectivity index (χ1) is 16.5. The molecule has 0 bridgehead atoms. The van der Waals surface area contributed by atoms with Gasteiger partial charge in [0.15, 0.2) is 0 Å². The molecule has 0 spiro atoms. The Morgan fingerprint density at radius 3 is 2.59 bits per heavy atom. The highest BCUT2D eigenvalue weighted by Gasteiger charge is 2.32. The van der Waals surface area contributed by atoms with Crippen molar-refractivity contribution in [3.63, 3.8) is 0 Å². The third-order valence-corrected chi connectivity index (χ3v) is 7.16. The summed E-state index contributed by atoms with van der Waals surface area (Å²) >= 11 is 1.54. The molecular formula is C26H25FN4O2S. The minimum atomic E-state index is -0.286. The van der Waals surface area contributed by atoms with Crippen LogP contribution in [0.2, 0.25) is 0 Å². The molecule has 1 N–H and O–H groups in total. The summed E-state index contributed by atoms with van der Waals surface area (Å²) in [5.74, 6) is -0.388. The maximum absolute atomic E-state index is 14.4. The van der Waals surface area contributed by atoms with E-state index >= 15 is 0 Å². The van der Waals surface area contributed by atoms with Gasteiger partial charge in [0, 0.05) is 42.3 Å². The minimum Gasteiger partial charge on any atom is -0.334 e. The molecule has 0 saturated carbocycles. The molecule has 2 aromatic heterocycles. The second-order valence-corrected chi connectivity index (χ2v) is 9.37. The Morgan fingerprint density at radius 2 is 1.82 bits per heavy atom. The molecular weight excluding hydrogens is 451 g/mol. The summed E-state index contributed by atoms with van der Waals surface area (Å²) in [6.07, 6.45) is 0. The molecule has 174 valence electrons. The summed E-state index contributed by atoms with van der Waals surface area (Å²) in [5.41, 5.74) is 1.82. The standard InChI is InChI=1S/C26H25FN4O2S/c1-18-16-29(12-13-30(18)26(33)28-21-8-3-2-4-9-21)24(32)23-15-19-11-14-34-25(19)31(23)17-20-7-5-6-10-22(20)27/h2-11,14-15,18H,12-13,16-17H2,1H3,(H,28,33)/t18-/m1/s1. The van der Waals surface area contributed by atoms with E-state index in [2.05, 4.69) is 5.32 Å². The van der Waals surface area contributed by atoms with Gasteiger partial charge in [-0.15, -0.1) is 11.3 Å². The number of amides is 3. The van der Waals surface area contributed by atoms with E-state index in [0.29, 0.717) is 30.9 Å². The number of anilines is 1. The van der Waals surface area contributed by atoms with Crippen LogP contribution in [-0.2, 0) is 6.54 Å². The SMILES string of the molecule is C[C@@H]1CN(C(=O)c2cc3ccsc3n2Cc2ccccc2F)CCN1C(=O)Nc1ccccc1. The molecule has 4 aromatic rings. The number of rotatable bonds is 4. The van der Waals surface area contributed by atoms with E-state index < -0.39 is 0 Å². The number of carbonyl (C=O) groups excluding carboxylic acids is 2. The zero-order valence-corrected chi connectivity index (χ0v) is 19.6. The summed E-state index contributed by atoms with van der Waals surface area (Å²) in [6.45, 7) is 3.53. The van der Waals surface area contributed by atoms with E-state index in [-0.39, 0.29) is 30.3 Å². The smallest absolute Gasteiger partial charge is 0.322 e. The van der Waals surface area contributed by atoms with Crippen molar-refractivity contribution >= 4 is 39.2 Å².